The summed E-state index contributed by atoms with van der Waals surface area (Å²) in [5.41, 5.74) is 0. The van der Waals surface area contributed by atoms with Gasteiger partial charge in [-0.05, 0) is 39.5 Å². The topological polar surface area (TPSA) is 47.6 Å². The van der Waals surface area contributed by atoms with Crippen LogP contribution < -0.4 is 5.32 Å². The van der Waals surface area contributed by atoms with Gasteiger partial charge in [-0.3, -0.25) is 10.1 Å². The second-order valence-electron chi connectivity index (χ2n) is 4.73. The Morgan fingerprint density at radius 2 is 2.19 bits per heavy atom. The maximum atomic E-state index is 11.8. The summed E-state index contributed by atoms with van der Waals surface area (Å²) in [4.78, 5) is 11.8. The molecule has 0 aromatic rings. The minimum atomic E-state index is -0.266. The zero-order valence-electron chi connectivity index (χ0n) is 10.1. The Hall–Kier alpha value is -0.610. The number of esters is 1. The summed E-state index contributed by atoms with van der Waals surface area (Å²) in [7, 11) is 0. The molecule has 0 aromatic carbocycles. The minimum Gasteiger partial charge on any atom is -0.465 e. The summed E-state index contributed by atoms with van der Waals surface area (Å²) in [6.07, 6.45) is 4.57. The van der Waals surface area contributed by atoms with Crippen LogP contribution in [0.2, 0.25) is 0 Å². The molecule has 16 heavy (non-hydrogen) atoms. The highest BCUT2D eigenvalue weighted by molar-refractivity contribution is 5.76. The SMILES string of the molecule is CCOC(=O)C(NC1CC1)C1CCC(C)O1. The zero-order valence-corrected chi connectivity index (χ0v) is 10.1. The highest BCUT2D eigenvalue weighted by Gasteiger charge is 2.38. The summed E-state index contributed by atoms with van der Waals surface area (Å²) in [6, 6.07) is 0.228. The maximum absolute atomic E-state index is 11.8. The van der Waals surface area contributed by atoms with Crippen LogP contribution in [0.5, 0.6) is 0 Å². The van der Waals surface area contributed by atoms with Gasteiger partial charge in [0.25, 0.3) is 0 Å². The minimum absolute atomic E-state index is 0.00495. The first-order chi connectivity index (χ1) is 7.70. The van der Waals surface area contributed by atoms with Gasteiger partial charge in [0, 0.05) is 6.04 Å². The molecule has 1 heterocycles. The lowest BCUT2D eigenvalue weighted by Gasteiger charge is -2.23. The molecule has 0 radical (unpaired) electrons. The average Bonchev–Trinajstić information content (AvgIpc) is 2.97. The van der Waals surface area contributed by atoms with Crippen molar-refractivity contribution in [1.29, 1.82) is 0 Å². The van der Waals surface area contributed by atoms with Crippen molar-refractivity contribution >= 4 is 5.97 Å². The van der Waals surface area contributed by atoms with Gasteiger partial charge in [0.05, 0.1) is 18.8 Å². The summed E-state index contributed by atoms with van der Waals surface area (Å²) >= 11 is 0. The van der Waals surface area contributed by atoms with Crippen molar-refractivity contribution in [2.75, 3.05) is 6.61 Å². The second-order valence-corrected chi connectivity index (χ2v) is 4.73. The predicted octanol–water partition coefficient (Wildman–Crippen LogP) is 1.24. The molecule has 0 spiro atoms. The molecule has 3 unspecified atom stereocenters. The first-order valence-electron chi connectivity index (χ1n) is 6.29. The smallest absolute Gasteiger partial charge is 0.325 e. The van der Waals surface area contributed by atoms with Crippen molar-refractivity contribution in [2.45, 2.75) is 63.8 Å². The van der Waals surface area contributed by atoms with Crippen LogP contribution in [0.4, 0.5) is 0 Å². The van der Waals surface area contributed by atoms with Crippen LogP contribution in [0.25, 0.3) is 0 Å². The van der Waals surface area contributed by atoms with Crippen molar-refractivity contribution in [3.05, 3.63) is 0 Å². The summed E-state index contributed by atoms with van der Waals surface area (Å²) in [6.45, 7) is 4.33. The first kappa shape index (κ1) is 11.9. The fourth-order valence-electron chi connectivity index (χ4n) is 2.14. The fourth-order valence-corrected chi connectivity index (χ4v) is 2.14. The largest absolute Gasteiger partial charge is 0.465 e. The molecule has 0 amide bonds. The van der Waals surface area contributed by atoms with Crippen LogP contribution in [0, 0.1) is 0 Å². The number of carbonyl (C=O) groups is 1. The molecular weight excluding hydrogens is 206 g/mol. The van der Waals surface area contributed by atoms with Crippen molar-refractivity contribution in [2.24, 2.45) is 0 Å². The van der Waals surface area contributed by atoms with Gasteiger partial charge in [-0.2, -0.15) is 0 Å². The van der Waals surface area contributed by atoms with E-state index in [4.69, 9.17) is 9.47 Å². The van der Waals surface area contributed by atoms with E-state index in [1.54, 1.807) is 0 Å². The lowest BCUT2D eigenvalue weighted by Crippen LogP contribution is -2.48. The maximum Gasteiger partial charge on any atom is 0.325 e. The third-order valence-corrected chi connectivity index (χ3v) is 3.17. The van der Waals surface area contributed by atoms with Gasteiger partial charge < -0.3 is 9.47 Å². The summed E-state index contributed by atoms with van der Waals surface area (Å²) in [5, 5.41) is 3.34. The molecule has 92 valence electrons. The van der Waals surface area contributed by atoms with Gasteiger partial charge in [-0.15, -0.1) is 0 Å². The Morgan fingerprint density at radius 3 is 2.69 bits per heavy atom. The van der Waals surface area contributed by atoms with Crippen molar-refractivity contribution in [3.63, 3.8) is 0 Å². The fraction of sp³-hybridized carbons (Fsp3) is 0.917. The normalized spacial score (nSPS) is 31.4. The van der Waals surface area contributed by atoms with E-state index in [0.717, 1.165) is 25.7 Å². The van der Waals surface area contributed by atoms with Crippen LogP contribution in [-0.2, 0) is 14.3 Å². The molecule has 4 heteroatoms. The van der Waals surface area contributed by atoms with Crippen molar-refractivity contribution in [1.82, 2.24) is 5.32 Å². The molecule has 0 bridgehead atoms. The average molecular weight is 227 g/mol. The van der Waals surface area contributed by atoms with Gasteiger partial charge in [0.15, 0.2) is 0 Å². The predicted molar refractivity (Wildman–Crippen MR) is 60.1 cm³/mol. The quantitative estimate of drug-likeness (QED) is 0.718. The van der Waals surface area contributed by atoms with Crippen LogP contribution in [0.15, 0.2) is 0 Å². The third-order valence-electron chi connectivity index (χ3n) is 3.17. The Morgan fingerprint density at radius 1 is 1.44 bits per heavy atom. The third kappa shape index (κ3) is 2.95. The van der Waals surface area contributed by atoms with Gasteiger partial charge in [0.1, 0.15) is 6.04 Å². The molecule has 1 aliphatic carbocycles. The van der Waals surface area contributed by atoms with Crippen LogP contribution in [-0.4, -0.2) is 36.9 Å². The Balaban J connectivity index is 1.92. The van der Waals surface area contributed by atoms with Gasteiger partial charge in [0.2, 0.25) is 0 Å². The number of rotatable bonds is 5. The van der Waals surface area contributed by atoms with Crippen LogP contribution in [0.3, 0.4) is 0 Å². The highest BCUT2D eigenvalue weighted by Crippen LogP contribution is 2.26. The van der Waals surface area contributed by atoms with E-state index < -0.39 is 0 Å². The summed E-state index contributed by atoms with van der Waals surface area (Å²) < 4.78 is 10.9. The second kappa shape index (κ2) is 5.15. The van der Waals surface area contributed by atoms with Gasteiger partial charge in [-0.1, -0.05) is 0 Å². The van der Waals surface area contributed by atoms with E-state index in [-0.39, 0.29) is 24.2 Å². The molecule has 0 aromatic heterocycles. The molecule has 2 fully saturated rings. The van der Waals surface area contributed by atoms with E-state index in [0.29, 0.717) is 12.6 Å². The number of carbonyl (C=O) groups excluding carboxylic acids is 1. The number of hydrogen-bond donors (Lipinski definition) is 1. The number of ether oxygens (including phenoxy) is 2. The number of hydrogen-bond acceptors (Lipinski definition) is 4. The number of nitrogens with one attached hydrogen (secondary N) is 1. The van der Waals surface area contributed by atoms with Crippen LogP contribution in [0.1, 0.15) is 39.5 Å². The Labute approximate surface area is 96.7 Å². The molecule has 1 aliphatic heterocycles. The monoisotopic (exact) mass is 227 g/mol. The van der Waals surface area contributed by atoms with Crippen LogP contribution >= 0.6 is 0 Å². The zero-order chi connectivity index (χ0) is 11.5. The molecule has 2 rings (SSSR count). The molecular formula is C12H21NO3. The standard InChI is InChI=1S/C12H21NO3/c1-3-15-12(14)11(13-9-5-6-9)10-7-4-8(2)16-10/h8-11,13H,3-7H2,1-2H3. The molecule has 2 aliphatic rings. The summed E-state index contributed by atoms with van der Waals surface area (Å²) in [5.74, 6) is -0.159. The van der Waals surface area contributed by atoms with E-state index in [2.05, 4.69) is 12.2 Å². The van der Waals surface area contributed by atoms with E-state index in [9.17, 15) is 4.79 Å². The van der Waals surface area contributed by atoms with E-state index in [1.165, 1.54) is 0 Å². The highest BCUT2D eigenvalue weighted by atomic mass is 16.5. The lowest BCUT2D eigenvalue weighted by molar-refractivity contribution is -0.149. The Kier molecular flexibility index (Phi) is 3.82. The van der Waals surface area contributed by atoms with Gasteiger partial charge >= 0.3 is 5.97 Å². The molecule has 1 saturated heterocycles. The van der Waals surface area contributed by atoms with Crippen molar-refractivity contribution < 1.29 is 14.3 Å². The first-order valence-corrected chi connectivity index (χ1v) is 6.29. The molecule has 3 atom stereocenters. The molecule has 4 nitrogen and oxygen atoms in total. The lowest BCUT2D eigenvalue weighted by atomic mass is 10.1. The Bertz CT molecular complexity index is 253. The van der Waals surface area contributed by atoms with E-state index in [1.807, 2.05) is 6.92 Å². The molecule has 1 N–H and O–H groups in total. The van der Waals surface area contributed by atoms with Crippen molar-refractivity contribution in [3.8, 4) is 0 Å². The van der Waals surface area contributed by atoms with E-state index >= 15 is 0 Å². The van der Waals surface area contributed by atoms with Gasteiger partial charge in [-0.25, -0.2) is 0 Å². The molecule has 1 saturated carbocycles.